The summed E-state index contributed by atoms with van der Waals surface area (Å²) in [4.78, 5) is 19.1. The molecule has 5 nitrogen and oxygen atoms in total. The number of carbonyl (C=O) groups is 1. The first-order valence-electron chi connectivity index (χ1n) is 4.90. The molecule has 1 amide bonds. The molecule has 0 saturated carbocycles. The topological polar surface area (TPSA) is 80.9 Å². The Kier molecular flexibility index (Phi) is 4.17. The Labute approximate surface area is 89.1 Å². The molecule has 3 N–H and O–H groups in total. The summed E-state index contributed by atoms with van der Waals surface area (Å²) in [7, 11) is 0. The van der Waals surface area contributed by atoms with Crippen LogP contribution in [-0.2, 0) is 4.79 Å². The summed E-state index contributed by atoms with van der Waals surface area (Å²) in [6.45, 7) is 3.98. The first-order valence-corrected chi connectivity index (χ1v) is 4.90. The molecule has 1 heterocycles. The van der Waals surface area contributed by atoms with Crippen molar-refractivity contribution < 1.29 is 4.79 Å². The molecular formula is C10H16N4O. The van der Waals surface area contributed by atoms with Crippen molar-refractivity contribution in [3.63, 3.8) is 0 Å². The van der Waals surface area contributed by atoms with E-state index in [9.17, 15) is 4.79 Å². The van der Waals surface area contributed by atoms with Gasteiger partial charge in [-0.2, -0.15) is 0 Å². The summed E-state index contributed by atoms with van der Waals surface area (Å²) in [6.07, 6.45) is 4.82. The van der Waals surface area contributed by atoms with E-state index in [1.54, 1.807) is 12.4 Å². The first kappa shape index (κ1) is 11.6. The molecule has 1 atom stereocenters. The zero-order valence-corrected chi connectivity index (χ0v) is 8.97. The van der Waals surface area contributed by atoms with E-state index in [0.29, 0.717) is 18.0 Å². The molecule has 1 rings (SSSR count). The average Bonchev–Trinajstić information content (AvgIpc) is 2.18. The van der Waals surface area contributed by atoms with Crippen LogP contribution in [0.3, 0.4) is 0 Å². The van der Waals surface area contributed by atoms with E-state index in [-0.39, 0.29) is 11.9 Å². The fourth-order valence-electron chi connectivity index (χ4n) is 1.03. The minimum absolute atomic E-state index is 0.106. The van der Waals surface area contributed by atoms with Gasteiger partial charge < -0.3 is 11.1 Å². The lowest BCUT2D eigenvalue weighted by Gasteiger charge is -2.14. The third-order valence-electron chi connectivity index (χ3n) is 2.12. The minimum atomic E-state index is -0.116. The standard InChI is InChI=1S/C10H16N4O/c1-7(2)9(11)3-10(15)14-8-4-12-6-13-5-8/h4-7,9H,3,11H2,1-2H3,(H,14,15). The molecule has 0 spiro atoms. The van der Waals surface area contributed by atoms with Gasteiger partial charge in [-0.1, -0.05) is 13.8 Å². The third kappa shape index (κ3) is 4.03. The SMILES string of the molecule is CC(C)C(N)CC(=O)Nc1cncnc1. The highest BCUT2D eigenvalue weighted by Gasteiger charge is 2.12. The third-order valence-corrected chi connectivity index (χ3v) is 2.12. The summed E-state index contributed by atoms with van der Waals surface area (Å²) in [6, 6.07) is -0.116. The normalized spacial score (nSPS) is 12.5. The number of carbonyl (C=O) groups excluding carboxylic acids is 1. The number of nitrogens with two attached hydrogens (primary N) is 1. The Morgan fingerprint density at radius 3 is 2.60 bits per heavy atom. The molecule has 82 valence electrons. The van der Waals surface area contributed by atoms with E-state index in [1.807, 2.05) is 13.8 Å². The van der Waals surface area contributed by atoms with Crippen LogP contribution in [0.5, 0.6) is 0 Å². The zero-order chi connectivity index (χ0) is 11.3. The van der Waals surface area contributed by atoms with Gasteiger partial charge in [0.2, 0.25) is 5.91 Å². The quantitative estimate of drug-likeness (QED) is 0.766. The molecule has 0 saturated heterocycles. The van der Waals surface area contributed by atoms with E-state index in [4.69, 9.17) is 5.73 Å². The van der Waals surface area contributed by atoms with E-state index >= 15 is 0 Å². The van der Waals surface area contributed by atoms with Crippen LogP contribution in [0, 0.1) is 5.92 Å². The van der Waals surface area contributed by atoms with Crippen LogP contribution in [0.2, 0.25) is 0 Å². The van der Waals surface area contributed by atoms with Crippen molar-refractivity contribution >= 4 is 11.6 Å². The van der Waals surface area contributed by atoms with Crippen LogP contribution >= 0.6 is 0 Å². The summed E-state index contributed by atoms with van der Waals surface area (Å²) < 4.78 is 0. The van der Waals surface area contributed by atoms with Gasteiger partial charge in [0.05, 0.1) is 18.1 Å². The van der Waals surface area contributed by atoms with Gasteiger partial charge in [-0.05, 0) is 5.92 Å². The van der Waals surface area contributed by atoms with Crippen LogP contribution in [0.1, 0.15) is 20.3 Å². The number of anilines is 1. The first-order chi connectivity index (χ1) is 7.09. The average molecular weight is 208 g/mol. The predicted octanol–water partition coefficient (Wildman–Crippen LogP) is 0.788. The van der Waals surface area contributed by atoms with Gasteiger partial charge in [0.15, 0.2) is 0 Å². The van der Waals surface area contributed by atoms with Crippen molar-refractivity contribution in [3.8, 4) is 0 Å². The van der Waals surface area contributed by atoms with E-state index < -0.39 is 0 Å². The fourth-order valence-corrected chi connectivity index (χ4v) is 1.03. The molecule has 0 aliphatic rings. The highest BCUT2D eigenvalue weighted by atomic mass is 16.1. The monoisotopic (exact) mass is 208 g/mol. The van der Waals surface area contributed by atoms with Gasteiger partial charge in [-0.15, -0.1) is 0 Å². The van der Waals surface area contributed by atoms with Crippen LogP contribution < -0.4 is 11.1 Å². The van der Waals surface area contributed by atoms with Crippen molar-refractivity contribution in [3.05, 3.63) is 18.7 Å². The fraction of sp³-hybridized carbons (Fsp3) is 0.500. The second kappa shape index (κ2) is 5.41. The molecule has 0 aliphatic heterocycles. The molecule has 1 unspecified atom stereocenters. The van der Waals surface area contributed by atoms with E-state index in [0.717, 1.165) is 0 Å². The largest absolute Gasteiger partial charge is 0.327 e. The van der Waals surface area contributed by atoms with E-state index in [2.05, 4.69) is 15.3 Å². The Morgan fingerprint density at radius 2 is 2.07 bits per heavy atom. The molecular weight excluding hydrogens is 192 g/mol. The maximum absolute atomic E-state index is 11.5. The van der Waals surface area contributed by atoms with Gasteiger partial charge in [0, 0.05) is 12.5 Å². The molecule has 0 aromatic carbocycles. The Bertz CT molecular complexity index is 312. The molecule has 1 aromatic rings. The van der Waals surface area contributed by atoms with Crippen LogP contribution in [-0.4, -0.2) is 21.9 Å². The van der Waals surface area contributed by atoms with Gasteiger partial charge in [-0.25, -0.2) is 9.97 Å². The van der Waals surface area contributed by atoms with Crippen molar-refractivity contribution in [2.45, 2.75) is 26.3 Å². The maximum atomic E-state index is 11.5. The van der Waals surface area contributed by atoms with Crippen molar-refractivity contribution in [1.29, 1.82) is 0 Å². The Morgan fingerprint density at radius 1 is 1.47 bits per heavy atom. The lowest BCUT2D eigenvalue weighted by Crippen LogP contribution is -2.31. The smallest absolute Gasteiger partial charge is 0.226 e. The second-order valence-corrected chi connectivity index (χ2v) is 3.79. The van der Waals surface area contributed by atoms with Gasteiger partial charge in [0.25, 0.3) is 0 Å². The zero-order valence-electron chi connectivity index (χ0n) is 8.97. The molecule has 5 heteroatoms. The maximum Gasteiger partial charge on any atom is 0.226 e. The summed E-state index contributed by atoms with van der Waals surface area (Å²) in [5, 5.41) is 2.68. The van der Waals surface area contributed by atoms with E-state index in [1.165, 1.54) is 6.33 Å². The van der Waals surface area contributed by atoms with Gasteiger partial charge in [0.1, 0.15) is 6.33 Å². The molecule has 0 aliphatic carbocycles. The lowest BCUT2D eigenvalue weighted by atomic mass is 10.0. The van der Waals surface area contributed by atoms with Gasteiger partial charge in [-0.3, -0.25) is 4.79 Å². The Balaban J connectivity index is 2.43. The number of hydrogen-bond acceptors (Lipinski definition) is 4. The number of amides is 1. The molecule has 1 aromatic heterocycles. The van der Waals surface area contributed by atoms with Crippen LogP contribution in [0.15, 0.2) is 18.7 Å². The summed E-state index contributed by atoms with van der Waals surface area (Å²) in [5.41, 5.74) is 6.37. The van der Waals surface area contributed by atoms with Crippen molar-refractivity contribution in [1.82, 2.24) is 9.97 Å². The number of nitrogens with zero attached hydrogens (tertiary/aromatic N) is 2. The number of hydrogen-bond donors (Lipinski definition) is 2. The highest BCUT2D eigenvalue weighted by Crippen LogP contribution is 2.06. The second-order valence-electron chi connectivity index (χ2n) is 3.79. The van der Waals surface area contributed by atoms with Crippen LogP contribution in [0.25, 0.3) is 0 Å². The number of nitrogens with one attached hydrogen (secondary N) is 1. The summed E-state index contributed by atoms with van der Waals surface area (Å²) in [5.74, 6) is 0.189. The highest BCUT2D eigenvalue weighted by molar-refractivity contribution is 5.90. The molecule has 0 bridgehead atoms. The summed E-state index contributed by atoms with van der Waals surface area (Å²) >= 11 is 0. The van der Waals surface area contributed by atoms with Crippen molar-refractivity contribution in [2.75, 3.05) is 5.32 Å². The Hall–Kier alpha value is -1.49. The lowest BCUT2D eigenvalue weighted by molar-refractivity contribution is -0.116. The molecule has 15 heavy (non-hydrogen) atoms. The van der Waals surface area contributed by atoms with Crippen molar-refractivity contribution in [2.24, 2.45) is 11.7 Å². The number of aromatic nitrogens is 2. The van der Waals surface area contributed by atoms with Gasteiger partial charge >= 0.3 is 0 Å². The predicted molar refractivity (Wildman–Crippen MR) is 58.1 cm³/mol. The number of rotatable bonds is 4. The molecule has 0 fully saturated rings. The van der Waals surface area contributed by atoms with Crippen LogP contribution in [0.4, 0.5) is 5.69 Å². The minimum Gasteiger partial charge on any atom is -0.327 e. The molecule has 0 radical (unpaired) electrons.